The third-order valence-electron chi connectivity index (χ3n) is 3.71. The van der Waals surface area contributed by atoms with Gasteiger partial charge in [0.05, 0.1) is 12.2 Å². The second-order valence-electron chi connectivity index (χ2n) is 5.31. The van der Waals surface area contributed by atoms with Crippen LogP contribution in [0.5, 0.6) is 0 Å². The molecule has 1 unspecified atom stereocenters. The second kappa shape index (κ2) is 7.02. The monoisotopic (exact) mass is 384 g/mol. The highest BCUT2D eigenvalue weighted by Gasteiger charge is 2.46. The van der Waals surface area contributed by atoms with E-state index in [0.29, 0.717) is 10.7 Å². The van der Waals surface area contributed by atoms with Crippen LogP contribution < -0.4 is 5.32 Å². The summed E-state index contributed by atoms with van der Waals surface area (Å²) >= 11 is 1.19. The molecule has 2 heterocycles. The van der Waals surface area contributed by atoms with Gasteiger partial charge in [-0.05, 0) is 18.7 Å². The van der Waals surface area contributed by atoms with Crippen LogP contribution in [0.1, 0.15) is 18.5 Å². The van der Waals surface area contributed by atoms with Crippen molar-refractivity contribution in [3.63, 3.8) is 0 Å². The molecule has 1 aliphatic rings. The Morgan fingerprint density at radius 3 is 2.62 bits per heavy atom. The van der Waals surface area contributed by atoms with Crippen LogP contribution >= 0.6 is 11.8 Å². The van der Waals surface area contributed by atoms with E-state index in [1.165, 1.54) is 23.4 Å². The van der Waals surface area contributed by atoms with Crippen molar-refractivity contribution in [3.05, 3.63) is 47.2 Å². The maximum absolute atomic E-state index is 13.7. The van der Waals surface area contributed by atoms with Gasteiger partial charge in [0.25, 0.3) is 0 Å². The highest BCUT2D eigenvalue weighted by molar-refractivity contribution is 7.98. The van der Waals surface area contributed by atoms with Crippen LogP contribution in [0, 0.1) is 0 Å². The minimum Gasteiger partial charge on any atom is -0.463 e. The predicted octanol–water partition coefficient (Wildman–Crippen LogP) is 3.39. The highest BCUT2D eigenvalue weighted by Crippen LogP contribution is 2.41. The number of thioether (sulfide) groups is 1. The molecule has 1 aliphatic heterocycles. The van der Waals surface area contributed by atoms with Crippen LogP contribution in [-0.2, 0) is 9.53 Å². The molecule has 0 fully saturated rings. The first kappa shape index (κ1) is 18.3. The van der Waals surface area contributed by atoms with E-state index in [1.54, 1.807) is 36.6 Å². The lowest BCUT2D eigenvalue weighted by Crippen LogP contribution is -2.35. The summed E-state index contributed by atoms with van der Waals surface area (Å²) in [6.45, 7) is 1.49. The van der Waals surface area contributed by atoms with E-state index in [0.717, 1.165) is 0 Å². The van der Waals surface area contributed by atoms with E-state index in [-0.39, 0.29) is 12.6 Å². The number of benzene rings is 1. The van der Waals surface area contributed by atoms with E-state index in [1.807, 2.05) is 0 Å². The third-order valence-corrected chi connectivity index (χ3v) is 4.25. The Bertz CT molecular complexity index is 849. The van der Waals surface area contributed by atoms with E-state index in [4.69, 9.17) is 4.74 Å². The number of carbonyl (C=O) groups is 1. The lowest BCUT2D eigenvalue weighted by atomic mass is 9.95. The van der Waals surface area contributed by atoms with Gasteiger partial charge in [0.15, 0.2) is 0 Å². The molecule has 1 N–H and O–H groups in total. The standard InChI is InChI=1S/C16H15F3N4O2S/c1-3-25-13(24)10-11(9-7-5-4-6-8-9)23-14(21-15(22-23)26-2)20-12(10)16(17,18)19/h4-8,11H,3H2,1-2H3,(H,20,21,22). The molecular formula is C16H15F3N4O2S. The van der Waals surface area contributed by atoms with Crippen LogP contribution in [0.3, 0.4) is 0 Å². The second-order valence-corrected chi connectivity index (χ2v) is 6.09. The summed E-state index contributed by atoms with van der Waals surface area (Å²) in [5.41, 5.74) is -1.26. The summed E-state index contributed by atoms with van der Waals surface area (Å²) in [7, 11) is 0. The summed E-state index contributed by atoms with van der Waals surface area (Å²) in [6.07, 6.45) is -3.07. The average molecular weight is 384 g/mol. The fraction of sp³-hybridized carbons (Fsp3) is 0.312. The number of rotatable bonds is 4. The van der Waals surface area contributed by atoms with Crippen molar-refractivity contribution in [1.82, 2.24) is 14.8 Å². The van der Waals surface area contributed by atoms with Gasteiger partial charge in [0, 0.05) is 0 Å². The molecule has 0 radical (unpaired) electrons. The molecule has 0 bridgehead atoms. The molecule has 26 heavy (non-hydrogen) atoms. The number of carbonyl (C=O) groups excluding carboxylic acids is 1. The maximum Gasteiger partial charge on any atom is 0.431 e. The number of aromatic nitrogens is 3. The van der Waals surface area contributed by atoms with Crippen molar-refractivity contribution in [2.24, 2.45) is 0 Å². The molecule has 138 valence electrons. The molecule has 0 saturated carbocycles. The Morgan fingerprint density at radius 2 is 2.04 bits per heavy atom. The molecule has 6 nitrogen and oxygen atoms in total. The zero-order chi connectivity index (χ0) is 18.9. The van der Waals surface area contributed by atoms with Crippen molar-refractivity contribution in [3.8, 4) is 0 Å². The first-order valence-corrected chi connectivity index (χ1v) is 8.90. The molecule has 10 heteroatoms. The number of hydrogen-bond donors (Lipinski definition) is 1. The fourth-order valence-electron chi connectivity index (χ4n) is 2.68. The highest BCUT2D eigenvalue weighted by atomic mass is 32.2. The van der Waals surface area contributed by atoms with Crippen LogP contribution in [-0.4, -0.2) is 39.8 Å². The number of halogens is 3. The van der Waals surface area contributed by atoms with Crippen molar-refractivity contribution in [1.29, 1.82) is 0 Å². The quantitative estimate of drug-likeness (QED) is 0.644. The minimum absolute atomic E-state index is 0.0464. The predicted molar refractivity (Wildman–Crippen MR) is 89.7 cm³/mol. The molecule has 0 amide bonds. The maximum atomic E-state index is 13.7. The fourth-order valence-corrected chi connectivity index (χ4v) is 3.03. The normalized spacial score (nSPS) is 16.9. The zero-order valence-corrected chi connectivity index (χ0v) is 14.7. The van der Waals surface area contributed by atoms with Gasteiger partial charge in [0.2, 0.25) is 11.1 Å². The summed E-state index contributed by atoms with van der Waals surface area (Å²) in [5.74, 6) is -1.13. The molecular weight excluding hydrogens is 369 g/mol. The lowest BCUT2D eigenvalue weighted by Gasteiger charge is -2.29. The SMILES string of the molecule is CCOC(=O)C1=C(C(F)(F)F)Nc2nc(SC)nn2C1c1ccccc1. The van der Waals surface area contributed by atoms with E-state index < -0.39 is 29.5 Å². The van der Waals surface area contributed by atoms with E-state index in [2.05, 4.69) is 15.4 Å². The summed E-state index contributed by atoms with van der Waals surface area (Å²) < 4.78 is 47.2. The molecule has 1 atom stereocenters. The number of anilines is 1. The van der Waals surface area contributed by atoms with Crippen LogP contribution in [0.4, 0.5) is 19.1 Å². The molecule has 0 spiro atoms. The van der Waals surface area contributed by atoms with Gasteiger partial charge >= 0.3 is 12.1 Å². The Balaban J connectivity index is 2.26. The number of allylic oxidation sites excluding steroid dienone is 1. The average Bonchev–Trinajstić information content (AvgIpc) is 3.03. The van der Waals surface area contributed by atoms with Gasteiger partial charge in [-0.2, -0.15) is 18.2 Å². The Kier molecular flexibility index (Phi) is 4.94. The number of nitrogens with one attached hydrogen (secondary N) is 1. The Labute approximate surface area is 151 Å². The van der Waals surface area contributed by atoms with Gasteiger partial charge < -0.3 is 10.1 Å². The molecule has 2 aromatic rings. The number of nitrogens with zero attached hydrogens (tertiary/aromatic N) is 3. The van der Waals surface area contributed by atoms with Gasteiger partial charge in [-0.15, -0.1) is 5.10 Å². The first-order chi connectivity index (χ1) is 12.4. The number of alkyl halides is 3. The van der Waals surface area contributed by atoms with Gasteiger partial charge in [0.1, 0.15) is 11.7 Å². The van der Waals surface area contributed by atoms with Gasteiger partial charge in [-0.25, -0.2) is 9.48 Å². The van der Waals surface area contributed by atoms with Crippen molar-refractivity contribution >= 4 is 23.7 Å². The Hall–Kier alpha value is -2.49. The molecule has 1 aromatic heterocycles. The molecule has 3 rings (SSSR count). The molecule has 0 saturated heterocycles. The van der Waals surface area contributed by atoms with Gasteiger partial charge in [-0.1, -0.05) is 42.1 Å². The topological polar surface area (TPSA) is 69.0 Å². The summed E-state index contributed by atoms with van der Waals surface area (Å²) in [5, 5.41) is 6.74. The van der Waals surface area contributed by atoms with E-state index >= 15 is 0 Å². The smallest absolute Gasteiger partial charge is 0.431 e. The number of fused-ring (bicyclic) bond motifs is 1. The van der Waals surface area contributed by atoms with Crippen LogP contribution in [0.25, 0.3) is 0 Å². The third kappa shape index (κ3) is 3.28. The number of esters is 1. The minimum atomic E-state index is -4.79. The Morgan fingerprint density at radius 1 is 1.35 bits per heavy atom. The van der Waals surface area contributed by atoms with Crippen LogP contribution in [0.2, 0.25) is 0 Å². The summed E-state index contributed by atoms with van der Waals surface area (Å²) in [4.78, 5) is 16.5. The van der Waals surface area contributed by atoms with Crippen molar-refractivity contribution in [2.45, 2.75) is 24.3 Å². The van der Waals surface area contributed by atoms with E-state index in [9.17, 15) is 18.0 Å². The first-order valence-electron chi connectivity index (χ1n) is 7.67. The van der Waals surface area contributed by atoms with Gasteiger partial charge in [-0.3, -0.25) is 0 Å². The van der Waals surface area contributed by atoms with Crippen molar-refractivity contribution in [2.75, 3.05) is 18.2 Å². The summed E-state index contributed by atoms with van der Waals surface area (Å²) in [6, 6.07) is 7.26. The van der Waals surface area contributed by atoms with Crippen LogP contribution in [0.15, 0.2) is 46.8 Å². The lowest BCUT2D eigenvalue weighted by molar-refractivity contribution is -0.140. The van der Waals surface area contributed by atoms with Crippen molar-refractivity contribution < 1.29 is 22.7 Å². The zero-order valence-electron chi connectivity index (χ0n) is 13.9. The molecule has 0 aliphatic carbocycles. The number of hydrogen-bond acceptors (Lipinski definition) is 6. The number of ether oxygens (including phenoxy) is 1. The largest absolute Gasteiger partial charge is 0.463 e. The molecule has 1 aromatic carbocycles.